The first-order valence-electron chi connectivity index (χ1n) is 8.06. The second-order valence-corrected chi connectivity index (χ2v) is 5.68. The Balaban J connectivity index is 2.88. The molecule has 126 valence electrons. The summed E-state index contributed by atoms with van der Waals surface area (Å²) in [6, 6.07) is 7.05. The van der Waals surface area contributed by atoms with E-state index in [1.165, 1.54) is 6.08 Å². The molecule has 1 unspecified atom stereocenters. The van der Waals surface area contributed by atoms with Gasteiger partial charge in [-0.15, -0.1) is 0 Å². The minimum absolute atomic E-state index is 0.332. The molecule has 1 aromatic rings. The van der Waals surface area contributed by atoms with E-state index in [0.717, 1.165) is 31.2 Å². The summed E-state index contributed by atoms with van der Waals surface area (Å²) in [5.41, 5.74) is 1.43. The summed E-state index contributed by atoms with van der Waals surface area (Å²) in [4.78, 5) is 11.5. The van der Waals surface area contributed by atoms with E-state index in [1.807, 2.05) is 6.08 Å². The lowest BCUT2D eigenvalue weighted by Gasteiger charge is -2.13. The van der Waals surface area contributed by atoms with Crippen molar-refractivity contribution >= 4 is 17.6 Å². The van der Waals surface area contributed by atoms with Crippen LogP contribution >= 0.6 is 11.6 Å². The maximum absolute atomic E-state index is 11.5. The Morgan fingerprint density at radius 1 is 1.22 bits per heavy atom. The van der Waals surface area contributed by atoms with E-state index in [4.69, 9.17) is 16.3 Å². The highest BCUT2D eigenvalue weighted by atomic mass is 35.5. The molecule has 0 radical (unpaired) electrons. The third-order valence-corrected chi connectivity index (χ3v) is 3.64. The maximum Gasteiger partial charge on any atom is 0.330 e. The molecule has 0 aliphatic rings. The number of aliphatic hydroxyl groups is 1. The molecule has 0 heterocycles. The third-order valence-electron chi connectivity index (χ3n) is 3.39. The second-order valence-electron chi connectivity index (χ2n) is 5.24. The molecular formula is C19H25ClO3. The predicted molar refractivity (Wildman–Crippen MR) is 94.4 cm³/mol. The molecule has 1 aromatic carbocycles. The molecule has 0 aliphatic carbocycles. The van der Waals surface area contributed by atoms with Crippen LogP contribution in [0.5, 0.6) is 0 Å². The summed E-state index contributed by atoms with van der Waals surface area (Å²) in [7, 11) is 0. The molecule has 0 bridgehead atoms. The van der Waals surface area contributed by atoms with Crippen molar-refractivity contribution in [3.8, 4) is 0 Å². The molecule has 1 N–H and O–H groups in total. The van der Waals surface area contributed by atoms with Crippen LogP contribution in [0.25, 0.3) is 0 Å². The van der Waals surface area contributed by atoms with Crippen molar-refractivity contribution in [2.24, 2.45) is 0 Å². The van der Waals surface area contributed by atoms with Gasteiger partial charge in [-0.2, -0.15) is 0 Å². The number of aliphatic hydroxyl groups excluding tert-OH is 1. The van der Waals surface area contributed by atoms with E-state index in [0.29, 0.717) is 17.2 Å². The van der Waals surface area contributed by atoms with Crippen LogP contribution in [-0.4, -0.2) is 17.7 Å². The zero-order chi connectivity index (χ0) is 17.1. The summed E-state index contributed by atoms with van der Waals surface area (Å²) in [5, 5.41) is 11.2. The molecule has 0 amide bonds. The smallest absolute Gasteiger partial charge is 0.330 e. The standard InChI is InChI=1S/C19H25ClO3/c1-3-5-6-7-8-15(11-14-18(21)23-4-2)19(22)16-9-12-17(20)13-10-16/h8-14,19,22H,3-7H2,1-2H3/b14-11+,15-8-. The van der Waals surface area contributed by atoms with Gasteiger partial charge in [0.25, 0.3) is 0 Å². The lowest BCUT2D eigenvalue weighted by atomic mass is 9.99. The Hall–Kier alpha value is -1.58. The van der Waals surface area contributed by atoms with E-state index in [1.54, 1.807) is 37.3 Å². The number of esters is 1. The SMILES string of the molecule is CCCCC/C=C(/C=C/C(=O)OCC)C(O)c1ccc(Cl)cc1. The van der Waals surface area contributed by atoms with Gasteiger partial charge in [0.1, 0.15) is 6.10 Å². The van der Waals surface area contributed by atoms with E-state index in [-0.39, 0.29) is 0 Å². The highest BCUT2D eigenvalue weighted by molar-refractivity contribution is 6.30. The number of ether oxygens (including phenoxy) is 1. The summed E-state index contributed by atoms with van der Waals surface area (Å²) in [5.74, 6) is -0.407. The predicted octanol–water partition coefficient (Wildman–Crippen LogP) is 5.00. The minimum Gasteiger partial charge on any atom is -0.463 e. The van der Waals surface area contributed by atoms with E-state index in [2.05, 4.69) is 6.92 Å². The van der Waals surface area contributed by atoms with Crippen molar-refractivity contribution in [3.63, 3.8) is 0 Å². The zero-order valence-electron chi connectivity index (χ0n) is 13.8. The van der Waals surface area contributed by atoms with Crippen LogP contribution in [0.2, 0.25) is 5.02 Å². The summed E-state index contributed by atoms with van der Waals surface area (Å²) in [6.07, 6.45) is 8.37. The number of benzene rings is 1. The van der Waals surface area contributed by atoms with Crippen molar-refractivity contribution in [3.05, 3.63) is 58.7 Å². The van der Waals surface area contributed by atoms with Gasteiger partial charge < -0.3 is 9.84 Å². The highest BCUT2D eigenvalue weighted by Gasteiger charge is 2.11. The molecule has 0 aromatic heterocycles. The number of hydrogen-bond acceptors (Lipinski definition) is 3. The number of unbranched alkanes of at least 4 members (excludes halogenated alkanes) is 3. The molecular weight excluding hydrogens is 312 g/mol. The second kappa shape index (κ2) is 11.0. The topological polar surface area (TPSA) is 46.5 Å². The van der Waals surface area contributed by atoms with E-state index >= 15 is 0 Å². The average Bonchev–Trinajstić information content (AvgIpc) is 2.54. The number of allylic oxidation sites excluding steroid dienone is 1. The van der Waals surface area contributed by atoms with Crippen molar-refractivity contribution < 1.29 is 14.6 Å². The van der Waals surface area contributed by atoms with Gasteiger partial charge in [0.15, 0.2) is 0 Å². The fourth-order valence-corrected chi connectivity index (χ4v) is 2.25. The molecule has 23 heavy (non-hydrogen) atoms. The summed E-state index contributed by atoms with van der Waals surface area (Å²) >= 11 is 5.88. The molecule has 0 aliphatic heterocycles. The first-order chi connectivity index (χ1) is 11.1. The van der Waals surface area contributed by atoms with E-state index in [9.17, 15) is 9.90 Å². The Morgan fingerprint density at radius 3 is 2.52 bits per heavy atom. The molecule has 4 heteroatoms. The van der Waals surface area contributed by atoms with Gasteiger partial charge in [-0.3, -0.25) is 0 Å². The molecule has 1 rings (SSSR count). The monoisotopic (exact) mass is 336 g/mol. The van der Waals surface area contributed by atoms with Gasteiger partial charge in [-0.1, -0.05) is 49.6 Å². The Labute approximate surface area is 143 Å². The van der Waals surface area contributed by atoms with E-state index < -0.39 is 12.1 Å². The Bertz CT molecular complexity index is 532. The largest absolute Gasteiger partial charge is 0.463 e. The van der Waals surface area contributed by atoms with Gasteiger partial charge >= 0.3 is 5.97 Å². The number of rotatable bonds is 9. The Morgan fingerprint density at radius 2 is 1.91 bits per heavy atom. The molecule has 1 atom stereocenters. The van der Waals surface area contributed by atoms with Crippen LogP contribution in [-0.2, 0) is 9.53 Å². The molecule has 0 saturated carbocycles. The van der Waals surface area contributed by atoms with Crippen LogP contribution in [0.3, 0.4) is 0 Å². The fraction of sp³-hybridized carbons (Fsp3) is 0.421. The molecule has 0 saturated heterocycles. The van der Waals surface area contributed by atoms with Gasteiger partial charge in [-0.25, -0.2) is 4.79 Å². The van der Waals surface area contributed by atoms with Crippen molar-refractivity contribution in [2.45, 2.75) is 45.6 Å². The van der Waals surface area contributed by atoms with Gasteiger partial charge in [-0.05, 0) is 49.1 Å². The van der Waals surface area contributed by atoms with Crippen molar-refractivity contribution in [2.75, 3.05) is 6.61 Å². The summed E-state index contributed by atoms with van der Waals surface area (Å²) in [6.45, 7) is 4.24. The quantitative estimate of drug-likeness (QED) is 0.299. The molecule has 3 nitrogen and oxygen atoms in total. The van der Waals surface area contributed by atoms with Crippen LogP contribution in [0.1, 0.15) is 51.2 Å². The maximum atomic E-state index is 11.5. The highest BCUT2D eigenvalue weighted by Crippen LogP contribution is 2.25. The van der Waals surface area contributed by atoms with Crippen LogP contribution in [0.4, 0.5) is 0 Å². The van der Waals surface area contributed by atoms with Crippen LogP contribution in [0.15, 0.2) is 48.1 Å². The van der Waals surface area contributed by atoms with Gasteiger partial charge in [0.05, 0.1) is 6.61 Å². The number of carbonyl (C=O) groups is 1. The van der Waals surface area contributed by atoms with Crippen molar-refractivity contribution in [1.82, 2.24) is 0 Å². The third kappa shape index (κ3) is 7.49. The number of halogens is 1. The first kappa shape index (κ1) is 19.5. The number of carbonyl (C=O) groups excluding carboxylic acids is 1. The molecule has 0 spiro atoms. The fourth-order valence-electron chi connectivity index (χ4n) is 2.13. The van der Waals surface area contributed by atoms with Crippen molar-refractivity contribution in [1.29, 1.82) is 0 Å². The zero-order valence-corrected chi connectivity index (χ0v) is 14.6. The number of hydrogen-bond donors (Lipinski definition) is 1. The normalized spacial score (nSPS) is 13.3. The van der Waals surface area contributed by atoms with Gasteiger partial charge in [0.2, 0.25) is 0 Å². The lowest BCUT2D eigenvalue weighted by molar-refractivity contribution is -0.137. The first-order valence-corrected chi connectivity index (χ1v) is 8.44. The summed E-state index contributed by atoms with van der Waals surface area (Å²) < 4.78 is 4.88. The average molecular weight is 337 g/mol. The van der Waals surface area contributed by atoms with Crippen LogP contribution < -0.4 is 0 Å². The van der Waals surface area contributed by atoms with Crippen LogP contribution in [0, 0.1) is 0 Å². The minimum atomic E-state index is -0.792. The Kier molecular flexibility index (Phi) is 9.34. The molecule has 0 fully saturated rings. The van der Waals surface area contributed by atoms with Gasteiger partial charge in [0, 0.05) is 11.1 Å². The lowest BCUT2D eigenvalue weighted by Crippen LogP contribution is -2.03.